The van der Waals surface area contributed by atoms with Crippen LogP contribution in [0, 0.1) is 0 Å². The van der Waals surface area contributed by atoms with Crippen LogP contribution in [0.3, 0.4) is 0 Å². The summed E-state index contributed by atoms with van der Waals surface area (Å²) >= 11 is 0. The lowest BCUT2D eigenvalue weighted by atomic mass is 10.1. The summed E-state index contributed by atoms with van der Waals surface area (Å²) in [5.41, 5.74) is 1.22. The summed E-state index contributed by atoms with van der Waals surface area (Å²) in [5.74, 6) is 0. The first-order valence-electron chi connectivity index (χ1n) is 3.53. The van der Waals surface area contributed by atoms with Crippen LogP contribution in [-0.4, -0.2) is 6.67 Å². The number of hydrogen-bond acceptors (Lipinski definition) is 0. The molecule has 0 atom stereocenters. The normalized spacial score (nSPS) is 9.70. The molecule has 0 fully saturated rings. The molecule has 1 rings (SSSR count). The Morgan fingerprint density at radius 2 is 1.80 bits per heavy atom. The highest BCUT2D eigenvalue weighted by atomic mass is 18.2. The Morgan fingerprint density at radius 1 is 1.10 bits per heavy atom. The number of aryl methyl sites for hydroxylation is 1. The second kappa shape index (κ2) is 4.04. The van der Waals surface area contributed by atoms with Gasteiger partial charge in [-0.1, -0.05) is 30.3 Å². The van der Waals surface area contributed by atoms with E-state index in [1.54, 1.807) is 0 Å². The highest BCUT2D eigenvalue weighted by molar-refractivity contribution is 5.14. The number of benzene rings is 1. The van der Waals surface area contributed by atoms with Crippen LogP contribution in [0.25, 0.3) is 0 Å². The summed E-state index contributed by atoms with van der Waals surface area (Å²) in [5, 5.41) is 0. The topological polar surface area (TPSA) is 0 Å². The van der Waals surface area contributed by atoms with Crippen LogP contribution >= 0.6 is 0 Å². The molecular weight excluding hydrogens is 126 g/mol. The summed E-state index contributed by atoms with van der Waals surface area (Å²) in [6.45, 7) is -0.213. The van der Waals surface area contributed by atoms with Gasteiger partial charge in [0, 0.05) is 0 Å². The van der Waals surface area contributed by atoms with E-state index in [1.807, 2.05) is 30.3 Å². The molecule has 0 bridgehead atoms. The van der Waals surface area contributed by atoms with Gasteiger partial charge in [0.05, 0.1) is 6.67 Å². The van der Waals surface area contributed by atoms with Crippen LogP contribution in [-0.2, 0) is 6.42 Å². The van der Waals surface area contributed by atoms with E-state index in [1.165, 1.54) is 5.56 Å². The van der Waals surface area contributed by atoms with Gasteiger partial charge in [0.25, 0.3) is 0 Å². The van der Waals surface area contributed by atoms with Crippen LogP contribution in [0.2, 0.25) is 0 Å². The van der Waals surface area contributed by atoms with Crippen molar-refractivity contribution in [2.45, 2.75) is 12.8 Å². The molecule has 0 spiro atoms. The predicted octanol–water partition coefficient (Wildman–Crippen LogP) is 2.59. The fourth-order valence-corrected chi connectivity index (χ4v) is 0.916. The third-order valence-corrected chi connectivity index (χ3v) is 1.44. The number of hydrogen-bond donors (Lipinski definition) is 0. The van der Waals surface area contributed by atoms with Crippen molar-refractivity contribution in [2.75, 3.05) is 6.67 Å². The van der Waals surface area contributed by atoms with Crippen LogP contribution in [0.1, 0.15) is 12.0 Å². The molecule has 10 heavy (non-hydrogen) atoms. The van der Waals surface area contributed by atoms with Gasteiger partial charge in [-0.25, -0.2) is 0 Å². The highest BCUT2D eigenvalue weighted by Crippen LogP contribution is 2.01. The molecule has 0 aliphatic heterocycles. The predicted molar refractivity (Wildman–Crippen MR) is 40.7 cm³/mol. The summed E-state index contributed by atoms with van der Waals surface area (Å²) in [4.78, 5) is 0. The summed E-state index contributed by atoms with van der Waals surface area (Å²) < 4.78 is 11.7. The number of halogens is 1. The molecule has 0 unspecified atom stereocenters. The number of rotatable bonds is 3. The van der Waals surface area contributed by atoms with E-state index in [4.69, 9.17) is 0 Å². The van der Waals surface area contributed by atoms with Crippen molar-refractivity contribution in [3.63, 3.8) is 0 Å². The molecule has 0 heterocycles. The quantitative estimate of drug-likeness (QED) is 0.600. The first-order chi connectivity index (χ1) is 4.93. The van der Waals surface area contributed by atoms with Gasteiger partial charge in [-0.15, -0.1) is 0 Å². The van der Waals surface area contributed by atoms with Gasteiger partial charge >= 0.3 is 0 Å². The van der Waals surface area contributed by atoms with E-state index >= 15 is 0 Å². The molecule has 0 nitrogen and oxygen atoms in total. The van der Waals surface area contributed by atoms with E-state index in [2.05, 4.69) is 0 Å². The smallest absolute Gasteiger partial charge is 0.0897 e. The average molecular weight is 137 g/mol. The Labute approximate surface area is 60.7 Å². The fourth-order valence-electron chi connectivity index (χ4n) is 0.916. The van der Waals surface area contributed by atoms with Crippen molar-refractivity contribution < 1.29 is 4.39 Å². The van der Waals surface area contributed by atoms with Gasteiger partial charge in [-0.3, -0.25) is 4.39 Å². The zero-order valence-electron chi connectivity index (χ0n) is 5.89. The maximum atomic E-state index is 11.7. The minimum Gasteiger partial charge on any atom is -0.251 e. The Bertz CT molecular complexity index is 169. The molecule has 0 aliphatic rings. The van der Waals surface area contributed by atoms with E-state index < -0.39 is 0 Å². The van der Waals surface area contributed by atoms with Crippen LogP contribution in [0.5, 0.6) is 0 Å². The molecule has 1 aromatic rings. The summed E-state index contributed by atoms with van der Waals surface area (Å²) in [6, 6.07) is 9.98. The molecule has 0 aliphatic carbocycles. The standard InChI is InChI=1S/C9H11F/c10-8-4-7-9-5-2-1-3-6-9/h1-3,5-6H,4,7-8H2/i10-1. The van der Waals surface area contributed by atoms with Gasteiger partial charge in [0.15, 0.2) is 0 Å². The third kappa shape index (κ3) is 2.18. The second-order valence-electron chi connectivity index (χ2n) is 2.28. The second-order valence-corrected chi connectivity index (χ2v) is 2.28. The molecule has 0 saturated carbocycles. The van der Waals surface area contributed by atoms with E-state index in [0.717, 1.165) is 6.42 Å². The molecular formula is C9H11F. The molecule has 0 N–H and O–H groups in total. The molecule has 1 aromatic carbocycles. The summed E-state index contributed by atoms with van der Waals surface area (Å²) in [7, 11) is 0. The van der Waals surface area contributed by atoms with E-state index in [9.17, 15) is 4.39 Å². The fraction of sp³-hybridized carbons (Fsp3) is 0.333. The Balaban J connectivity index is 2.43. The van der Waals surface area contributed by atoms with Crippen molar-refractivity contribution in [1.82, 2.24) is 0 Å². The van der Waals surface area contributed by atoms with Crippen molar-refractivity contribution in [1.29, 1.82) is 0 Å². The van der Waals surface area contributed by atoms with Crippen LogP contribution < -0.4 is 0 Å². The zero-order chi connectivity index (χ0) is 7.23. The maximum Gasteiger partial charge on any atom is 0.0897 e. The lowest BCUT2D eigenvalue weighted by Crippen LogP contribution is -1.84. The minimum absolute atomic E-state index is 0.213. The molecule has 0 aromatic heterocycles. The van der Waals surface area contributed by atoms with Crippen molar-refractivity contribution in [3.8, 4) is 0 Å². The van der Waals surface area contributed by atoms with Gasteiger partial charge in [-0.05, 0) is 18.4 Å². The Morgan fingerprint density at radius 3 is 2.40 bits per heavy atom. The third-order valence-electron chi connectivity index (χ3n) is 1.44. The monoisotopic (exact) mass is 137 g/mol. The van der Waals surface area contributed by atoms with E-state index in [0.29, 0.717) is 6.42 Å². The molecule has 0 saturated heterocycles. The molecule has 54 valence electrons. The first kappa shape index (κ1) is 7.26. The van der Waals surface area contributed by atoms with Crippen molar-refractivity contribution >= 4 is 0 Å². The van der Waals surface area contributed by atoms with Gasteiger partial charge in [0.2, 0.25) is 0 Å². The molecule has 1 heteroatoms. The SMILES string of the molecule is [18F]CCCc1ccccc1. The highest BCUT2D eigenvalue weighted by Gasteiger charge is 1.88. The van der Waals surface area contributed by atoms with Crippen molar-refractivity contribution in [3.05, 3.63) is 35.9 Å². The maximum absolute atomic E-state index is 11.7. The van der Waals surface area contributed by atoms with Gasteiger partial charge in [-0.2, -0.15) is 0 Å². The number of alkyl halides is 1. The summed E-state index contributed by atoms with van der Waals surface area (Å²) in [6.07, 6.45) is 1.50. The van der Waals surface area contributed by atoms with Crippen LogP contribution in [0.15, 0.2) is 30.3 Å². The Hall–Kier alpha value is -0.850. The van der Waals surface area contributed by atoms with Crippen LogP contribution in [0.4, 0.5) is 4.39 Å². The van der Waals surface area contributed by atoms with Gasteiger partial charge in [0.1, 0.15) is 0 Å². The first-order valence-corrected chi connectivity index (χ1v) is 3.53. The van der Waals surface area contributed by atoms with Gasteiger partial charge < -0.3 is 0 Å². The largest absolute Gasteiger partial charge is 0.251 e. The zero-order valence-corrected chi connectivity index (χ0v) is 5.89. The Kier molecular flexibility index (Phi) is 2.94. The molecule has 0 radical (unpaired) electrons. The van der Waals surface area contributed by atoms with Crippen molar-refractivity contribution in [2.24, 2.45) is 0 Å². The average Bonchev–Trinajstić information content (AvgIpc) is 2.03. The van der Waals surface area contributed by atoms with E-state index in [-0.39, 0.29) is 6.67 Å². The lowest BCUT2D eigenvalue weighted by Gasteiger charge is -1.95. The molecule has 0 amide bonds. The minimum atomic E-state index is -0.213. The lowest BCUT2D eigenvalue weighted by molar-refractivity contribution is 0.473.